The van der Waals surface area contributed by atoms with Gasteiger partial charge in [0.25, 0.3) is 0 Å². The number of anilines is 2. The smallest absolute Gasteiger partial charge is 0.377 e. The number of ether oxygens (including phenoxy) is 1. The molecule has 7 rings (SSSR count). The van der Waals surface area contributed by atoms with Gasteiger partial charge in [0.1, 0.15) is 11.3 Å². The lowest BCUT2D eigenvalue weighted by Crippen LogP contribution is -2.41. The number of hydrogen-bond acceptors (Lipinski definition) is 9. The molecule has 2 aromatic carbocycles. The van der Waals surface area contributed by atoms with Crippen molar-refractivity contribution < 1.29 is 26.8 Å². The summed E-state index contributed by atoms with van der Waals surface area (Å²) in [5.41, 5.74) is 0.645. The average molecular weight is 639 g/mol. The first-order chi connectivity index (χ1) is 22.2. The highest BCUT2D eigenvalue weighted by Gasteiger charge is 2.35. The molecule has 0 amide bonds. The maximum absolute atomic E-state index is 14.8. The van der Waals surface area contributed by atoms with Crippen LogP contribution < -0.4 is 16.0 Å². The largest absolute Gasteiger partial charge is 0.439 e. The molecule has 0 radical (unpaired) electrons. The lowest BCUT2D eigenvalue weighted by molar-refractivity contribution is -0.140. The van der Waals surface area contributed by atoms with E-state index in [1.807, 2.05) is 30.3 Å². The van der Waals surface area contributed by atoms with Crippen LogP contribution in [0.2, 0.25) is 0 Å². The minimum atomic E-state index is -4.83. The Morgan fingerprint density at radius 1 is 1.11 bits per heavy atom. The average Bonchev–Trinajstić information content (AvgIpc) is 3.59. The molecule has 46 heavy (non-hydrogen) atoms. The number of H-pyrrole nitrogens is 1. The molecule has 2 N–H and O–H groups in total. The molecule has 1 saturated carbocycles. The van der Waals surface area contributed by atoms with Gasteiger partial charge in [-0.05, 0) is 48.9 Å². The van der Waals surface area contributed by atoms with Crippen LogP contribution in [-0.2, 0) is 17.5 Å². The summed E-state index contributed by atoms with van der Waals surface area (Å²) < 4.78 is 67.3. The lowest BCUT2D eigenvalue weighted by Gasteiger charge is -2.37. The highest BCUT2D eigenvalue weighted by Crippen LogP contribution is 2.37. The minimum absolute atomic E-state index is 0.00632. The summed E-state index contributed by atoms with van der Waals surface area (Å²) in [4.78, 5) is 30.6. The van der Waals surface area contributed by atoms with Gasteiger partial charge in [0.2, 0.25) is 17.6 Å². The number of benzene rings is 2. The Bertz CT molecular complexity index is 1920. The summed E-state index contributed by atoms with van der Waals surface area (Å²) in [5, 5.41) is 7.26. The molecule has 2 fully saturated rings. The molecule has 1 aliphatic carbocycles. The first-order valence-corrected chi connectivity index (χ1v) is 15.0. The Morgan fingerprint density at radius 2 is 1.91 bits per heavy atom. The fraction of sp³-hybridized carbons (Fsp3) is 0.387. The standard InChI is InChI=1S/C31H30F4N8O3/c1-17(19-8-5-9-19)36-25-24-26(38-27(37-25)28-40-30(44)46-41-28)39-29(42-12-13-45-16-23(42)20-6-3-2-4-7-20)43(24)15-18-10-11-21(22(32)14-18)31(33,34)35/h2-4,6-7,10-11,14,17,19,23H,5,8-9,12-13,15-16H2,1H3,(H,36,37,38)(H,40,41,44). The lowest BCUT2D eigenvalue weighted by atomic mass is 9.80. The fourth-order valence-electron chi connectivity index (χ4n) is 6.06. The predicted octanol–water partition coefficient (Wildman–Crippen LogP) is 5.55. The van der Waals surface area contributed by atoms with Crippen molar-refractivity contribution in [3.63, 3.8) is 0 Å². The van der Waals surface area contributed by atoms with E-state index in [4.69, 9.17) is 19.2 Å². The summed E-state index contributed by atoms with van der Waals surface area (Å²) in [6, 6.07) is 12.4. The molecular weight excluding hydrogens is 608 g/mol. The number of alkyl halides is 3. The second kappa shape index (κ2) is 11.9. The van der Waals surface area contributed by atoms with Crippen LogP contribution in [-0.4, -0.2) is 55.5 Å². The van der Waals surface area contributed by atoms with Gasteiger partial charge < -0.3 is 19.5 Å². The Balaban J connectivity index is 1.42. The molecule has 0 spiro atoms. The van der Waals surface area contributed by atoms with E-state index in [1.165, 1.54) is 6.07 Å². The van der Waals surface area contributed by atoms with E-state index in [9.17, 15) is 22.4 Å². The van der Waals surface area contributed by atoms with Gasteiger partial charge in [-0.15, -0.1) is 0 Å². The molecule has 4 heterocycles. The molecule has 1 aliphatic heterocycles. The summed E-state index contributed by atoms with van der Waals surface area (Å²) in [5.74, 6) is -0.811. The van der Waals surface area contributed by atoms with Gasteiger partial charge >= 0.3 is 11.9 Å². The van der Waals surface area contributed by atoms with Crippen molar-refractivity contribution in [2.45, 2.75) is 51.0 Å². The molecule has 0 bridgehead atoms. The molecule has 2 aliphatic rings. The van der Waals surface area contributed by atoms with E-state index in [2.05, 4.69) is 32.3 Å². The first kappa shape index (κ1) is 29.9. The van der Waals surface area contributed by atoms with E-state index in [-0.39, 0.29) is 35.9 Å². The maximum Gasteiger partial charge on any atom is 0.439 e. The van der Waals surface area contributed by atoms with Crippen LogP contribution in [0, 0.1) is 11.7 Å². The molecule has 15 heteroatoms. The Morgan fingerprint density at radius 3 is 2.59 bits per heavy atom. The van der Waals surface area contributed by atoms with Gasteiger partial charge in [0, 0.05) is 12.6 Å². The third kappa shape index (κ3) is 5.70. The molecular formula is C31H30F4N8O3. The molecule has 1 saturated heterocycles. The van der Waals surface area contributed by atoms with Gasteiger partial charge in [-0.1, -0.05) is 48.0 Å². The number of aromatic nitrogens is 6. The van der Waals surface area contributed by atoms with E-state index < -0.39 is 23.3 Å². The molecule has 240 valence electrons. The highest BCUT2D eigenvalue weighted by atomic mass is 19.4. The number of nitrogens with one attached hydrogen (secondary N) is 2. The molecule has 11 nitrogen and oxygen atoms in total. The van der Waals surface area contributed by atoms with Gasteiger partial charge in [0.15, 0.2) is 11.5 Å². The van der Waals surface area contributed by atoms with Crippen molar-refractivity contribution in [3.05, 3.63) is 81.6 Å². The first-order valence-electron chi connectivity index (χ1n) is 15.0. The van der Waals surface area contributed by atoms with Gasteiger partial charge in [-0.2, -0.15) is 18.2 Å². The third-order valence-electron chi connectivity index (χ3n) is 8.71. The van der Waals surface area contributed by atoms with E-state index >= 15 is 0 Å². The van der Waals surface area contributed by atoms with Gasteiger partial charge in [0.05, 0.1) is 31.4 Å². The Labute approximate surface area is 259 Å². The molecule has 2 unspecified atom stereocenters. The Hall–Kier alpha value is -4.79. The second-order valence-corrected chi connectivity index (χ2v) is 11.6. The van der Waals surface area contributed by atoms with Gasteiger partial charge in [-0.25, -0.2) is 19.2 Å². The van der Waals surface area contributed by atoms with Crippen molar-refractivity contribution in [3.8, 4) is 11.6 Å². The van der Waals surface area contributed by atoms with Crippen LogP contribution >= 0.6 is 0 Å². The van der Waals surface area contributed by atoms with Crippen LogP contribution in [0.5, 0.6) is 0 Å². The maximum atomic E-state index is 14.8. The zero-order valence-corrected chi connectivity index (χ0v) is 24.7. The highest BCUT2D eigenvalue weighted by molar-refractivity contribution is 5.87. The van der Waals surface area contributed by atoms with E-state index in [0.29, 0.717) is 48.5 Å². The molecule has 2 atom stereocenters. The number of rotatable bonds is 8. The topological polar surface area (TPSA) is 127 Å². The number of halogens is 4. The van der Waals surface area contributed by atoms with Crippen molar-refractivity contribution in [2.24, 2.45) is 5.92 Å². The van der Waals surface area contributed by atoms with Crippen LogP contribution in [0.15, 0.2) is 57.8 Å². The third-order valence-corrected chi connectivity index (χ3v) is 8.71. The normalized spacial score (nSPS) is 18.1. The van der Waals surface area contributed by atoms with E-state index in [0.717, 1.165) is 37.0 Å². The van der Waals surface area contributed by atoms with Crippen molar-refractivity contribution in [2.75, 3.05) is 30.0 Å². The predicted molar refractivity (Wildman–Crippen MR) is 160 cm³/mol. The van der Waals surface area contributed by atoms with Gasteiger partial charge in [-0.3, -0.25) is 9.51 Å². The van der Waals surface area contributed by atoms with Crippen molar-refractivity contribution in [1.82, 2.24) is 29.7 Å². The number of aromatic amines is 1. The zero-order chi connectivity index (χ0) is 32.0. The second-order valence-electron chi connectivity index (χ2n) is 11.6. The Kier molecular flexibility index (Phi) is 7.71. The minimum Gasteiger partial charge on any atom is -0.377 e. The van der Waals surface area contributed by atoms with Crippen LogP contribution in [0.25, 0.3) is 22.8 Å². The number of hydrogen-bond donors (Lipinski definition) is 2. The van der Waals surface area contributed by atoms with Crippen LogP contribution in [0.3, 0.4) is 0 Å². The number of nitrogens with zero attached hydrogens (tertiary/aromatic N) is 6. The summed E-state index contributed by atoms with van der Waals surface area (Å²) in [6.07, 6.45) is -1.60. The number of fused-ring (bicyclic) bond motifs is 1. The zero-order valence-electron chi connectivity index (χ0n) is 24.7. The monoisotopic (exact) mass is 638 g/mol. The quantitative estimate of drug-likeness (QED) is 0.210. The van der Waals surface area contributed by atoms with Crippen LogP contribution in [0.1, 0.15) is 48.9 Å². The SMILES string of the molecule is CC(Nc1nc(-c2noc(=O)[nH]2)nc2nc(N3CCOCC3c3ccccc3)n(Cc3ccc(C(F)(F)F)c(F)c3)c12)C1CCC1. The summed E-state index contributed by atoms with van der Waals surface area (Å²) >= 11 is 0. The van der Waals surface area contributed by atoms with Crippen molar-refractivity contribution in [1.29, 1.82) is 0 Å². The fourth-order valence-corrected chi connectivity index (χ4v) is 6.06. The van der Waals surface area contributed by atoms with Crippen molar-refractivity contribution >= 4 is 22.9 Å². The summed E-state index contributed by atoms with van der Waals surface area (Å²) in [6.45, 7) is 3.24. The molecule has 3 aromatic heterocycles. The number of imidazole rings is 1. The summed E-state index contributed by atoms with van der Waals surface area (Å²) in [7, 11) is 0. The number of morpholine rings is 1. The molecule has 5 aromatic rings. The van der Waals surface area contributed by atoms with Crippen LogP contribution in [0.4, 0.5) is 29.3 Å². The van der Waals surface area contributed by atoms with E-state index in [1.54, 1.807) is 4.57 Å².